The summed E-state index contributed by atoms with van der Waals surface area (Å²) in [6.07, 6.45) is 0. The zero-order valence-electron chi connectivity index (χ0n) is 16.0. The normalized spacial score (nSPS) is 13.2. The summed E-state index contributed by atoms with van der Waals surface area (Å²) in [5, 5.41) is 9.65. The number of Topliss-reactive ketones (excluding diaryl/α,β-unsaturated/α-hetero) is 1. The van der Waals surface area contributed by atoms with Gasteiger partial charge in [-0.15, -0.1) is 12.4 Å². The number of hydrogen-bond acceptors (Lipinski definition) is 3. The lowest BCUT2D eigenvalue weighted by Gasteiger charge is -2.22. The Hall–Kier alpha value is -1.59. The standard InChI is InChI=1S/C19H29N3O2.ClH/c1-18(2,3)16(24)11-21-14-9-7-8-10-15(14)22(17(21)20-6)12-19(4,5)13-23;/h7-10,23H,11-13H2,1-6H3;1H. The van der Waals surface area contributed by atoms with E-state index in [1.54, 1.807) is 7.05 Å². The van der Waals surface area contributed by atoms with Crippen LogP contribution in [0.25, 0.3) is 11.0 Å². The third kappa shape index (κ3) is 4.53. The van der Waals surface area contributed by atoms with E-state index in [9.17, 15) is 9.90 Å². The third-order valence-corrected chi connectivity index (χ3v) is 4.30. The van der Waals surface area contributed by atoms with Crippen LogP contribution in [0.3, 0.4) is 0 Å². The van der Waals surface area contributed by atoms with E-state index in [-0.39, 0.29) is 30.2 Å². The number of para-hydroxylation sites is 2. The largest absolute Gasteiger partial charge is 0.396 e. The van der Waals surface area contributed by atoms with Crippen LogP contribution < -0.4 is 5.62 Å². The molecule has 1 heterocycles. The number of rotatable bonds is 5. The van der Waals surface area contributed by atoms with Crippen LogP contribution in [0.4, 0.5) is 0 Å². The Morgan fingerprint density at radius 1 is 1.08 bits per heavy atom. The molecule has 1 aromatic heterocycles. The Morgan fingerprint density at radius 2 is 1.60 bits per heavy atom. The van der Waals surface area contributed by atoms with Gasteiger partial charge in [-0.05, 0) is 12.1 Å². The maximum Gasteiger partial charge on any atom is 0.206 e. The molecule has 0 aliphatic heterocycles. The van der Waals surface area contributed by atoms with E-state index >= 15 is 0 Å². The Morgan fingerprint density at radius 3 is 2.04 bits per heavy atom. The molecule has 0 fully saturated rings. The van der Waals surface area contributed by atoms with Crippen LogP contribution >= 0.6 is 12.4 Å². The molecule has 5 nitrogen and oxygen atoms in total. The first-order valence-electron chi connectivity index (χ1n) is 8.36. The van der Waals surface area contributed by atoms with Crippen molar-refractivity contribution >= 4 is 29.2 Å². The molecule has 0 radical (unpaired) electrons. The van der Waals surface area contributed by atoms with Crippen molar-refractivity contribution in [1.29, 1.82) is 0 Å². The summed E-state index contributed by atoms with van der Waals surface area (Å²) in [6, 6.07) is 8.01. The number of aliphatic hydroxyl groups excluding tert-OH is 1. The molecular weight excluding hydrogens is 338 g/mol. The number of carbonyl (C=O) groups excluding carboxylic acids is 1. The lowest BCUT2D eigenvalue weighted by Crippen LogP contribution is -2.35. The Balaban J connectivity index is 0.00000312. The minimum absolute atomic E-state index is 0. The minimum Gasteiger partial charge on any atom is -0.396 e. The van der Waals surface area contributed by atoms with Gasteiger partial charge in [0.2, 0.25) is 5.62 Å². The number of aromatic nitrogens is 2. The van der Waals surface area contributed by atoms with E-state index in [0.717, 1.165) is 16.7 Å². The molecule has 1 N–H and O–H groups in total. The van der Waals surface area contributed by atoms with Crippen LogP contribution in [-0.4, -0.2) is 33.7 Å². The molecule has 0 aliphatic carbocycles. The number of halogens is 1. The SMILES string of the molecule is CN=c1n(CC(=O)C(C)(C)C)c2ccccc2n1CC(C)(C)CO.Cl. The Labute approximate surface area is 155 Å². The first-order chi connectivity index (χ1) is 11.1. The number of carbonyl (C=O) groups is 1. The molecule has 25 heavy (non-hydrogen) atoms. The summed E-state index contributed by atoms with van der Waals surface area (Å²) >= 11 is 0. The number of ketones is 1. The smallest absolute Gasteiger partial charge is 0.206 e. The van der Waals surface area contributed by atoms with Crippen molar-refractivity contribution < 1.29 is 9.90 Å². The summed E-state index contributed by atoms with van der Waals surface area (Å²) in [6.45, 7) is 10.9. The summed E-state index contributed by atoms with van der Waals surface area (Å²) in [7, 11) is 1.74. The lowest BCUT2D eigenvalue weighted by atomic mass is 9.91. The number of imidazole rings is 1. The highest BCUT2D eigenvalue weighted by molar-refractivity contribution is 5.86. The van der Waals surface area contributed by atoms with Crippen molar-refractivity contribution in [3.63, 3.8) is 0 Å². The van der Waals surface area contributed by atoms with E-state index in [1.807, 2.05) is 63.5 Å². The van der Waals surface area contributed by atoms with Gasteiger partial charge in [0, 0.05) is 31.0 Å². The van der Waals surface area contributed by atoms with E-state index in [0.29, 0.717) is 13.1 Å². The van der Waals surface area contributed by atoms with Crippen LogP contribution in [0.15, 0.2) is 29.3 Å². The second-order valence-corrected chi connectivity index (χ2v) is 8.18. The van der Waals surface area contributed by atoms with Crippen molar-refractivity contribution in [2.45, 2.75) is 47.7 Å². The second-order valence-electron chi connectivity index (χ2n) is 8.18. The molecule has 6 heteroatoms. The average Bonchev–Trinajstić information content (AvgIpc) is 2.79. The monoisotopic (exact) mass is 367 g/mol. The number of aliphatic hydroxyl groups is 1. The number of hydrogen-bond donors (Lipinski definition) is 1. The highest BCUT2D eigenvalue weighted by atomic mass is 35.5. The van der Waals surface area contributed by atoms with E-state index in [4.69, 9.17) is 0 Å². The molecule has 0 spiro atoms. The van der Waals surface area contributed by atoms with Gasteiger partial charge in [-0.3, -0.25) is 9.79 Å². The third-order valence-electron chi connectivity index (χ3n) is 4.30. The number of fused-ring (bicyclic) bond motifs is 1. The van der Waals surface area contributed by atoms with Gasteiger partial charge in [0.05, 0.1) is 17.6 Å². The van der Waals surface area contributed by atoms with Gasteiger partial charge < -0.3 is 14.2 Å². The highest BCUT2D eigenvalue weighted by Gasteiger charge is 2.25. The predicted octanol–water partition coefficient (Wildman–Crippen LogP) is 3.03. The van der Waals surface area contributed by atoms with E-state index in [2.05, 4.69) is 9.56 Å². The molecule has 0 atom stereocenters. The van der Waals surface area contributed by atoms with Crippen molar-refractivity contribution in [3.8, 4) is 0 Å². The molecule has 0 bridgehead atoms. The average molecular weight is 368 g/mol. The van der Waals surface area contributed by atoms with Gasteiger partial charge in [0.25, 0.3) is 0 Å². The molecule has 2 aromatic rings. The minimum atomic E-state index is -0.397. The molecule has 0 saturated heterocycles. The molecule has 1 aromatic carbocycles. The fourth-order valence-corrected chi connectivity index (χ4v) is 2.69. The van der Waals surface area contributed by atoms with Crippen molar-refractivity contribution in [1.82, 2.24) is 9.13 Å². The highest BCUT2D eigenvalue weighted by Crippen LogP contribution is 2.22. The van der Waals surface area contributed by atoms with Crippen molar-refractivity contribution in [2.75, 3.05) is 13.7 Å². The van der Waals surface area contributed by atoms with Crippen LogP contribution in [0.1, 0.15) is 34.6 Å². The van der Waals surface area contributed by atoms with Crippen LogP contribution in [0.5, 0.6) is 0 Å². The summed E-state index contributed by atoms with van der Waals surface area (Å²) in [5.41, 5.74) is 2.11. The first-order valence-corrected chi connectivity index (χ1v) is 8.36. The van der Waals surface area contributed by atoms with Gasteiger partial charge in [0.1, 0.15) is 0 Å². The van der Waals surface area contributed by atoms with Crippen molar-refractivity contribution in [3.05, 3.63) is 29.9 Å². The second kappa shape index (κ2) is 7.75. The zero-order valence-corrected chi connectivity index (χ0v) is 16.9. The zero-order chi connectivity index (χ0) is 18.1. The van der Waals surface area contributed by atoms with Gasteiger partial charge in [0.15, 0.2) is 5.78 Å². The maximum atomic E-state index is 12.6. The summed E-state index contributed by atoms with van der Waals surface area (Å²) < 4.78 is 4.08. The van der Waals surface area contributed by atoms with Crippen LogP contribution in [0.2, 0.25) is 0 Å². The lowest BCUT2D eigenvalue weighted by molar-refractivity contribution is -0.126. The number of benzene rings is 1. The quantitative estimate of drug-likeness (QED) is 0.882. The first kappa shape index (κ1) is 21.5. The van der Waals surface area contributed by atoms with Gasteiger partial charge >= 0.3 is 0 Å². The van der Waals surface area contributed by atoms with Gasteiger partial charge in [-0.2, -0.15) is 0 Å². The fourth-order valence-electron chi connectivity index (χ4n) is 2.69. The topological polar surface area (TPSA) is 59.5 Å². The van der Waals surface area contributed by atoms with Gasteiger partial charge in [-0.1, -0.05) is 46.8 Å². The maximum absolute atomic E-state index is 12.6. The summed E-state index contributed by atoms with van der Waals surface area (Å²) in [4.78, 5) is 17.0. The Bertz CT molecular complexity index is 810. The Kier molecular flexibility index (Phi) is 6.65. The van der Waals surface area contributed by atoms with E-state index < -0.39 is 5.41 Å². The predicted molar refractivity (Wildman–Crippen MR) is 104 cm³/mol. The number of nitrogens with zero attached hydrogens (tertiary/aromatic N) is 3. The van der Waals surface area contributed by atoms with Crippen LogP contribution in [-0.2, 0) is 17.9 Å². The molecule has 140 valence electrons. The van der Waals surface area contributed by atoms with Crippen molar-refractivity contribution in [2.24, 2.45) is 15.8 Å². The molecule has 0 unspecified atom stereocenters. The van der Waals surface area contributed by atoms with E-state index in [1.165, 1.54) is 0 Å². The fraction of sp³-hybridized carbons (Fsp3) is 0.579. The molecular formula is C19H30ClN3O2. The molecule has 0 saturated carbocycles. The molecule has 0 amide bonds. The molecule has 2 rings (SSSR count). The molecule has 0 aliphatic rings. The van der Waals surface area contributed by atoms with Gasteiger partial charge in [-0.25, -0.2) is 0 Å². The van der Waals surface area contributed by atoms with Crippen LogP contribution in [0, 0.1) is 10.8 Å². The summed E-state index contributed by atoms with van der Waals surface area (Å²) in [5.74, 6) is 0.168.